The predicted molar refractivity (Wildman–Crippen MR) is 67.9 cm³/mol. The number of nitrogens with zero attached hydrogens (tertiary/aromatic N) is 2. The Hall–Kier alpha value is -1.13. The molecular formula is C12H17N3S. The lowest BCUT2D eigenvalue weighted by Gasteiger charge is -2.15. The van der Waals surface area contributed by atoms with Crippen LogP contribution < -0.4 is 5.32 Å². The number of rotatable bonds is 3. The largest absolute Gasteiger partial charge is 0.309 e. The van der Waals surface area contributed by atoms with Gasteiger partial charge < -0.3 is 5.32 Å². The highest BCUT2D eigenvalue weighted by Crippen LogP contribution is 2.29. The third-order valence-corrected chi connectivity index (χ3v) is 3.72. The fourth-order valence-electron chi connectivity index (χ4n) is 2.07. The number of aromatic nitrogens is 2. The van der Waals surface area contributed by atoms with E-state index in [0.717, 1.165) is 5.69 Å². The Labute approximate surface area is 100 Å². The second-order valence-corrected chi connectivity index (χ2v) is 5.12. The van der Waals surface area contributed by atoms with Crippen molar-refractivity contribution in [3.05, 3.63) is 39.3 Å². The molecule has 0 saturated heterocycles. The molecule has 86 valence electrons. The smallest absolute Gasteiger partial charge is 0.0644 e. The van der Waals surface area contributed by atoms with Crippen molar-refractivity contribution < 1.29 is 0 Å². The highest BCUT2D eigenvalue weighted by molar-refractivity contribution is 7.10. The van der Waals surface area contributed by atoms with Crippen LogP contribution in [0.2, 0.25) is 0 Å². The first-order valence-corrected chi connectivity index (χ1v) is 6.23. The van der Waals surface area contributed by atoms with Gasteiger partial charge >= 0.3 is 0 Å². The molecule has 2 heterocycles. The SMILES string of the molecule is CNC(c1cn(C)nc1C)c1ccsc1C. The minimum atomic E-state index is 0.250. The Morgan fingerprint density at radius 2 is 2.12 bits per heavy atom. The van der Waals surface area contributed by atoms with E-state index in [-0.39, 0.29) is 6.04 Å². The first-order chi connectivity index (χ1) is 7.63. The van der Waals surface area contributed by atoms with E-state index in [2.05, 4.69) is 41.9 Å². The van der Waals surface area contributed by atoms with E-state index >= 15 is 0 Å². The third-order valence-electron chi connectivity index (χ3n) is 2.86. The van der Waals surface area contributed by atoms with Gasteiger partial charge in [-0.1, -0.05) is 0 Å². The highest BCUT2D eigenvalue weighted by Gasteiger charge is 2.18. The van der Waals surface area contributed by atoms with Crippen LogP contribution in [0.4, 0.5) is 0 Å². The molecule has 0 spiro atoms. The average Bonchev–Trinajstić information content (AvgIpc) is 2.77. The van der Waals surface area contributed by atoms with Crippen molar-refractivity contribution in [3.8, 4) is 0 Å². The molecule has 1 unspecified atom stereocenters. The summed E-state index contributed by atoms with van der Waals surface area (Å²) in [5.74, 6) is 0. The summed E-state index contributed by atoms with van der Waals surface area (Å²) in [6.07, 6.45) is 2.09. The average molecular weight is 235 g/mol. The van der Waals surface area contributed by atoms with Crippen LogP contribution >= 0.6 is 11.3 Å². The number of aryl methyl sites for hydroxylation is 3. The maximum absolute atomic E-state index is 4.40. The van der Waals surface area contributed by atoms with Gasteiger partial charge in [0.15, 0.2) is 0 Å². The van der Waals surface area contributed by atoms with E-state index in [1.807, 2.05) is 18.8 Å². The van der Waals surface area contributed by atoms with Crippen molar-refractivity contribution in [3.63, 3.8) is 0 Å². The molecule has 0 aromatic carbocycles. The Bertz CT molecular complexity index is 484. The van der Waals surface area contributed by atoms with Gasteiger partial charge in [-0.15, -0.1) is 11.3 Å². The first kappa shape index (κ1) is 11.4. The van der Waals surface area contributed by atoms with Gasteiger partial charge in [-0.3, -0.25) is 4.68 Å². The van der Waals surface area contributed by atoms with Gasteiger partial charge in [-0.25, -0.2) is 0 Å². The maximum atomic E-state index is 4.40. The fourth-order valence-corrected chi connectivity index (χ4v) is 2.81. The molecule has 1 atom stereocenters. The van der Waals surface area contributed by atoms with Gasteiger partial charge in [-0.2, -0.15) is 5.10 Å². The molecule has 0 radical (unpaired) electrons. The number of hydrogen-bond acceptors (Lipinski definition) is 3. The minimum Gasteiger partial charge on any atom is -0.309 e. The zero-order valence-electron chi connectivity index (χ0n) is 10.1. The van der Waals surface area contributed by atoms with Crippen LogP contribution in [0.5, 0.6) is 0 Å². The number of thiophene rings is 1. The molecule has 0 amide bonds. The molecule has 0 aliphatic carbocycles. The molecule has 0 aliphatic rings. The molecule has 0 bridgehead atoms. The molecule has 16 heavy (non-hydrogen) atoms. The third kappa shape index (κ3) is 1.90. The lowest BCUT2D eigenvalue weighted by atomic mass is 10.0. The second kappa shape index (κ2) is 4.39. The zero-order chi connectivity index (χ0) is 11.7. The molecule has 1 N–H and O–H groups in total. The molecule has 2 rings (SSSR count). The summed E-state index contributed by atoms with van der Waals surface area (Å²) >= 11 is 1.79. The van der Waals surface area contributed by atoms with Crippen molar-refractivity contribution in [1.82, 2.24) is 15.1 Å². The summed E-state index contributed by atoms with van der Waals surface area (Å²) in [6.45, 7) is 4.22. The van der Waals surface area contributed by atoms with Crippen LogP contribution in [0.3, 0.4) is 0 Å². The van der Waals surface area contributed by atoms with Crippen molar-refractivity contribution in [2.24, 2.45) is 7.05 Å². The molecule has 3 nitrogen and oxygen atoms in total. The van der Waals surface area contributed by atoms with E-state index in [1.165, 1.54) is 16.0 Å². The molecular weight excluding hydrogens is 218 g/mol. The highest BCUT2D eigenvalue weighted by atomic mass is 32.1. The Morgan fingerprint density at radius 3 is 2.56 bits per heavy atom. The van der Waals surface area contributed by atoms with Crippen LogP contribution in [-0.2, 0) is 7.05 Å². The van der Waals surface area contributed by atoms with Crippen LogP contribution in [0.25, 0.3) is 0 Å². The van der Waals surface area contributed by atoms with Crippen molar-refractivity contribution >= 4 is 11.3 Å². The molecule has 0 fully saturated rings. The normalized spacial score (nSPS) is 13.0. The lowest BCUT2D eigenvalue weighted by molar-refractivity contribution is 0.686. The van der Waals surface area contributed by atoms with Crippen molar-refractivity contribution in [2.45, 2.75) is 19.9 Å². The Balaban J connectivity index is 2.44. The predicted octanol–water partition coefficient (Wildman–Crippen LogP) is 2.41. The lowest BCUT2D eigenvalue weighted by Crippen LogP contribution is -2.18. The maximum Gasteiger partial charge on any atom is 0.0644 e. The van der Waals surface area contributed by atoms with Crippen LogP contribution in [0, 0.1) is 13.8 Å². The monoisotopic (exact) mass is 235 g/mol. The van der Waals surface area contributed by atoms with E-state index in [0.29, 0.717) is 0 Å². The molecule has 2 aromatic rings. The zero-order valence-corrected chi connectivity index (χ0v) is 10.9. The van der Waals surface area contributed by atoms with Gasteiger partial charge in [0.2, 0.25) is 0 Å². The molecule has 0 aliphatic heterocycles. The molecule has 4 heteroatoms. The summed E-state index contributed by atoms with van der Waals surface area (Å²) in [5, 5.41) is 9.91. The van der Waals surface area contributed by atoms with Gasteiger partial charge in [0, 0.05) is 23.7 Å². The van der Waals surface area contributed by atoms with Crippen LogP contribution in [-0.4, -0.2) is 16.8 Å². The van der Waals surface area contributed by atoms with Crippen LogP contribution in [0.1, 0.15) is 27.7 Å². The topological polar surface area (TPSA) is 29.9 Å². The minimum absolute atomic E-state index is 0.250. The van der Waals surface area contributed by atoms with Crippen molar-refractivity contribution in [2.75, 3.05) is 7.05 Å². The first-order valence-electron chi connectivity index (χ1n) is 5.35. The van der Waals surface area contributed by atoms with E-state index in [9.17, 15) is 0 Å². The molecule has 2 aromatic heterocycles. The fraction of sp³-hybridized carbons (Fsp3) is 0.417. The van der Waals surface area contributed by atoms with Crippen LogP contribution in [0.15, 0.2) is 17.6 Å². The molecule has 0 saturated carbocycles. The summed E-state index contributed by atoms with van der Waals surface area (Å²) in [5.41, 5.74) is 3.70. The summed E-state index contributed by atoms with van der Waals surface area (Å²) in [7, 11) is 3.96. The summed E-state index contributed by atoms with van der Waals surface area (Å²) < 4.78 is 1.87. The van der Waals surface area contributed by atoms with E-state index in [1.54, 1.807) is 11.3 Å². The Morgan fingerprint density at radius 1 is 1.38 bits per heavy atom. The van der Waals surface area contributed by atoms with Gasteiger partial charge in [0.1, 0.15) is 0 Å². The second-order valence-electron chi connectivity index (χ2n) is 4.00. The van der Waals surface area contributed by atoms with Crippen molar-refractivity contribution in [1.29, 1.82) is 0 Å². The van der Waals surface area contributed by atoms with Gasteiger partial charge in [0.25, 0.3) is 0 Å². The van der Waals surface area contributed by atoms with Gasteiger partial charge in [0.05, 0.1) is 11.7 Å². The quantitative estimate of drug-likeness (QED) is 0.885. The standard InChI is InChI=1S/C12H17N3S/c1-8-11(7-15(4)14-8)12(13-3)10-5-6-16-9(10)2/h5-7,12-13H,1-4H3. The summed E-state index contributed by atoms with van der Waals surface area (Å²) in [6, 6.07) is 2.44. The van der Waals surface area contributed by atoms with E-state index in [4.69, 9.17) is 0 Å². The Kier molecular flexibility index (Phi) is 3.12. The number of hydrogen-bond donors (Lipinski definition) is 1. The van der Waals surface area contributed by atoms with Gasteiger partial charge in [-0.05, 0) is 37.9 Å². The number of nitrogens with one attached hydrogen (secondary N) is 1. The van der Waals surface area contributed by atoms with E-state index < -0.39 is 0 Å². The summed E-state index contributed by atoms with van der Waals surface area (Å²) in [4.78, 5) is 1.36.